The van der Waals surface area contributed by atoms with Gasteiger partial charge in [0.05, 0.1) is 10.2 Å². The maximum Gasteiger partial charge on any atom is 0.161 e. The zero-order valence-corrected chi connectivity index (χ0v) is 14.7. The van der Waals surface area contributed by atoms with Crippen molar-refractivity contribution in [1.82, 2.24) is 9.97 Å². The van der Waals surface area contributed by atoms with E-state index >= 15 is 0 Å². The van der Waals surface area contributed by atoms with Crippen molar-refractivity contribution in [3.8, 4) is 11.4 Å². The fourth-order valence-electron chi connectivity index (χ4n) is 2.23. The van der Waals surface area contributed by atoms with Gasteiger partial charge in [-0.2, -0.15) is 0 Å². The Labute approximate surface area is 135 Å². The largest absolute Gasteiger partial charge is 0.369 e. The molecule has 0 radical (unpaired) electrons. The van der Waals surface area contributed by atoms with Crippen LogP contribution in [0.15, 0.2) is 28.7 Å². The van der Waals surface area contributed by atoms with Crippen LogP contribution in [0.2, 0.25) is 0 Å². The molecule has 0 atom stereocenters. The Bertz CT molecular complexity index is 606. The highest BCUT2D eigenvalue weighted by atomic mass is 79.9. The molecule has 2 rings (SSSR count). The van der Waals surface area contributed by atoms with Crippen LogP contribution < -0.4 is 5.32 Å². The third-order valence-electron chi connectivity index (χ3n) is 3.22. The maximum absolute atomic E-state index is 4.61. The lowest BCUT2D eigenvalue weighted by Crippen LogP contribution is -2.04. The zero-order valence-electron chi connectivity index (χ0n) is 13.1. The van der Waals surface area contributed by atoms with Crippen molar-refractivity contribution in [2.45, 2.75) is 34.1 Å². The van der Waals surface area contributed by atoms with Crippen molar-refractivity contribution in [2.24, 2.45) is 5.92 Å². The van der Waals surface area contributed by atoms with Crippen LogP contribution in [0, 0.1) is 12.8 Å². The molecule has 4 heteroatoms. The summed E-state index contributed by atoms with van der Waals surface area (Å²) in [5, 5.41) is 3.27. The number of anilines is 1. The quantitative estimate of drug-likeness (QED) is 0.840. The number of hydrogen-bond donors (Lipinski definition) is 1. The lowest BCUT2D eigenvalue weighted by Gasteiger charge is -2.11. The lowest BCUT2D eigenvalue weighted by molar-refractivity contribution is 0.647. The molecule has 1 N–H and O–H groups in total. The van der Waals surface area contributed by atoms with Crippen molar-refractivity contribution < 1.29 is 0 Å². The minimum atomic E-state index is 0.669. The Morgan fingerprint density at radius 2 is 1.81 bits per heavy atom. The molecule has 3 nitrogen and oxygen atoms in total. The standard InChI is InChI=1S/C17H22BrN3/c1-5-19-17-15(18)12(4)20-16(21-17)14-8-6-13(7-9-14)10-11(2)3/h6-9,11H,5,10H2,1-4H3,(H,19,20,21). The fraction of sp³-hybridized carbons (Fsp3) is 0.412. The molecule has 0 saturated heterocycles. The zero-order chi connectivity index (χ0) is 15.4. The normalized spacial score (nSPS) is 11.0. The van der Waals surface area contributed by atoms with Gasteiger partial charge in [0.1, 0.15) is 5.82 Å². The van der Waals surface area contributed by atoms with Crippen LogP contribution in [-0.2, 0) is 6.42 Å². The SMILES string of the molecule is CCNc1nc(-c2ccc(CC(C)C)cc2)nc(C)c1Br. The summed E-state index contributed by atoms with van der Waals surface area (Å²) in [6, 6.07) is 8.55. The highest BCUT2D eigenvalue weighted by Gasteiger charge is 2.10. The van der Waals surface area contributed by atoms with E-state index in [1.807, 2.05) is 6.92 Å². The molecule has 0 saturated carbocycles. The van der Waals surface area contributed by atoms with E-state index in [1.54, 1.807) is 0 Å². The van der Waals surface area contributed by atoms with Crippen molar-refractivity contribution in [2.75, 3.05) is 11.9 Å². The van der Waals surface area contributed by atoms with Crippen LogP contribution >= 0.6 is 15.9 Å². The van der Waals surface area contributed by atoms with Gasteiger partial charge < -0.3 is 5.32 Å². The minimum absolute atomic E-state index is 0.669. The van der Waals surface area contributed by atoms with Gasteiger partial charge in [-0.05, 0) is 47.7 Å². The second kappa shape index (κ2) is 7.03. The molecule has 0 aliphatic rings. The number of aromatic nitrogens is 2. The Balaban J connectivity index is 2.33. The van der Waals surface area contributed by atoms with Gasteiger partial charge in [0, 0.05) is 12.1 Å². The highest BCUT2D eigenvalue weighted by molar-refractivity contribution is 9.10. The molecule has 0 fully saturated rings. The summed E-state index contributed by atoms with van der Waals surface area (Å²) in [6.07, 6.45) is 1.10. The average molecular weight is 348 g/mol. The monoisotopic (exact) mass is 347 g/mol. The number of rotatable bonds is 5. The first-order chi connectivity index (χ1) is 10.0. The molecule has 112 valence electrons. The maximum atomic E-state index is 4.61. The van der Waals surface area contributed by atoms with E-state index in [0.717, 1.165) is 40.3 Å². The molecule has 1 aromatic heterocycles. The lowest BCUT2D eigenvalue weighted by atomic mass is 10.0. The van der Waals surface area contributed by atoms with Crippen molar-refractivity contribution >= 4 is 21.7 Å². The van der Waals surface area contributed by atoms with Gasteiger partial charge in [0.25, 0.3) is 0 Å². The molecule has 0 unspecified atom stereocenters. The van der Waals surface area contributed by atoms with Gasteiger partial charge in [-0.1, -0.05) is 38.1 Å². The molecular formula is C17H22BrN3. The molecule has 0 amide bonds. The van der Waals surface area contributed by atoms with Gasteiger partial charge in [0.15, 0.2) is 5.82 Å². The van der Waals surface area contributed by atoms with E-state index in [1.165, 1.54) is 5.56 Å². The molecule has 21 heavy (non-hydrogen) atoms. The Morgan fingerprint density at radius 3 is 2.38 bits per heavy atom. The van der Waals surface area contributed by atoms with E-state index in [4.69, 9.17) is 0 Å². The number of nitrogens with one attached hydrogen (secondary N) is 1. The van der Waals surface area contributed by atoms with Crippen LogP contribution in [-0.4, -0.2) is 16.5 Å². The third kappa shape index (κ3) is 4.03. The van der Waals surface area contributed by atoms with Gasteiger partial charge in [-0.3, -0.25) is 0 Å². The summed E-state index contributed by atoms with van der Waals surface area (Å²) in [5.74, 6) is 2.29. The van der Waals surface area contributed by atoms with E-state index in [2.05, 4.69) is 76.3 Å². The molecule has 0 aliphatic heterocycles. The summed E-state index contributed by atoms with van der Waals surface area (Å²) in [6.45, 7) is 9.35. The summed E-state index contributed by atoms with van der Waals surface area (Å²) >= 11 is 3.54. The second-order valence-corrected chi connectivity index (χ2v) is 6.41. The van der Waals surface area contributed by atoms with E-state index in [-0.39, 0.29) is 0 Å². The van der Waals surface area contributed by atoms with Crippen LogP contribution in [0.5, 0.6) is 0 Å². The number of benzene rings is 1. The van der Waals surface area contributed by atoms with Gasteiger partial charge >= 0.3 is 0 Å². The Kier molecular flexibility index (Phi) is 5.34. The molecule has 0 bridgehead atoms. The summed E-state index contributed by atoms with van der Waals surface area (Å²) in [7, 11) is 0. The summed E-state index contributed by atoms with van der Waals surface area (Å²) in [5.41, 5.74) is 3.36. The van der Waals surface area contributed by atoms with Gasteiger partial charge in [-0.25, -0.2) is 9.97 Å². The van der Waals surface area contributed by atoms with Crippen molar-refractivity contribution in [3.63, 3.8) is 0 Å². The van der Waals surface area contributed by atoms with Crippen LogP contribution in [0.3, 0.4) is 0 Å². The predicted molar refractivity (Wildman–Crippen MR) is 92.6 cm³/mol. The van der Waals surface area contributed by atoms with Crippen LogP contribution in [0.25, 0.3) is 11.4 Å². The molecule has 1 aromatic carbocycles. The molecule has 0 aliphatic carbocycles. The molecular weight excluding hydrogens is 326 g/mol. The number of aryl methyl sites for hydroxylation is 1. The number of halogens is 1. The second-order valence-electron chi connectivity index (χ2n) is 5.62. The topological polar surface area (TPSA) is 37.8 Å². The van der Waals surface area contributed by atoms with Crippen LogP contribution in [0.4, 0.5) is 5.82 Å². The third-order valence-corrected chi connectivity index (χ3v) is 4.17. The average Bonchev–Trinajstić information content (AvgIpc) is 2.44. The van der Waals surface area contributed by atoms with E-state index in [0.29, 0.717) is 5.92 Å². The first-order valence-electron chi connectivity index (χ1n) is 7.38. The van der Waals surface area contributed by atoms with Crippen molar-refractivity contribution in [3.05, 3.63) is 40.0 Å². The fourth-order valence-corrected chi connectivity index (χ4v) is 2.55. The molecule has 2 aromatic rings. The van der Waals surface area contributed by atoms with Crippen molar-refractivity contribution in [1.29, 1.82) is 0 Å². The number of nitrogens with zero attached hydrogens (tertiary/aromatic N) is 2. The Hall–Kier alpha value is -1.42. The predicted octanol–water partition coefficient (Wildman–Crippen LogP) is 4.84. The minimum Gasteiger partial charge on any atom is -0.369 e. The first-order valence-corrected chi connectivity index (χ1v) is 8.17. The van der Waals surface area contributed by atoms with E-state index < -0.39 is 0 Å². The highest BCUT2D eigenvalue weighted by Crippen LogP contribution is 2.27. The van der Waals surface area contributed by atoms with E-state index in [9.17, 15) is 0 Å². The summed E-state index contributed by atoms with van der Waals surface area (Å²) < 4.78 is 0.935. The smallest absolute Gasteiger partial charge is 0.161 e. The molecule has 0 spiro atoms. The van der Waals surface area contributed by atoms with Gasteiger partial charge in [-0.15, -0.1) is 0 Å². The van der Waals surface area contributed by atoms with Gasteiger partial charge in [0.2, 0.25) is 0 Å². The Morgan fingerprint density at radius 1 is 1.14 bits per heavy atom. The molecule has 1 heterocycles. The number of hydrogen-bond acceptors (Lipinski definition) is 3. The summed E-state index contributed by atoms with van der Waals surface area (Å²) in [4.78, 5) is 9.19. The van der Waals surface area contributed by atoms with Crippen LogP contribution in [0.1, 0.15) is 32.0 Å². The first kappa shape index (κ1) is 16.0.